The summed E-state index contributed by atoms with van der Waals surface area (Å²) in [5.41, 5.74) is 9.39. The molecule has 3 aromatic carbocycles. The fourth-order valence-electron chi connectivity index (χ4n) is 4.90. The number of aromatic nitrogens is 2. The number of hydrogen-bond acceptors (Lipinski definition) is 4. The molecule has 4 aromatic rings. The molecule has 152 valence electrons. The molecule has 1 amide bonds. The van der Waals surface area contributed by atoms with Gasteiger partial charge >= 0.3 is 0 Å². The number of anilines is 2. The molecule has 2 bridgehead atoms. The molecule has 31 heavy (non-hydrogen) atoms. The van der Waals surface area contributed by atoms with Gasteiger partial charge in [0.15, 0.2) is 0 Å². The van der Waals surface area contributed by atoms with Gasteiger partial charge in [-0.25, -0.2) is 9.97 Å². The van der Waals surface area contributed by atoms with Crippen LogP contribution < -0.4 is 10.4 Å². The van der Waals surface area contributed by atoms with E-state index in [1.165, 1.54) is 25.0 Å². The molecule has 1 fully saturated rings. The molecule has 1 aromatic heterocycles. The third-order valence-corrected chi connectivity index (χ3v) is 6.43. The molecule has 2 atom stereocenters. The Hall–Kier alpha value is -3.73. The Morgan fingerprint density at radius 2 is 1.35 bits per heavy atom. The summed E-state index contributed by atoms with van der Waals surface area (Å²) in [5, 5.41) is 1.81. The van der Waals surface area contributed by atoms with Crippen LogP contribution in [0.25, 0.3) is 11.0 Å². The van der Waals surface area contributed by atoms with E-state index in [4.69, 9.17) is 9.97 Å². The van der Waals surface area contributed by atoms with Gasteiger partial charge in [0, 0.05) is 17.4 Å². The molecule has 1 heterocycles. The van der Waals surface area contributed by atoms with E-state index >= 15 is 0 Å². The van der Waals surface area contributed by atoms with Gasteiger partial charge in [0.25, 0.3) is 5.91 Å². The van der Waals surface area contributed by atoms with E-state index in [1.54, 1.807) is 5.01 Å². The van der Waals surface area contributed by atoms with Crippen LogP contribution in [0.5, 0.6) is 0 Å². The van der Waals surface area contributed by atoms with Crippen molar-refractivity contribution in [2.45, 2.75) is 31.1 Å². The van der Waals surface area contributed by atoms with Crippen molar-refractivity contribution in [2.75, 3.05) is 5.01 Å². The third kappa shape index (κ3) is 3.13. The van der Waals surface area contributed by atoms with E-state index in [0.717, 1.165) is 28.1 Å². The molecule has 0 saturated heterocycles. The summed E-state index contributed by atoms with van der Waals surface area (Å²) in [6, 6.07) is 25.2. The van der Waals surface area contributed by atoms with Crippen molar-refractivity contribution in [3.8, 4) is 0 Å². The Morgan fingerprint density at radius 3 is 1.97 bits per heavy atom. The van der Waals surface area contributed by atoms with E-state index in [0.29, 0.717) is 17.4 Å². The van der Waals surface area contributed by atoms with Crippen LogP contribution in [0.2, 0.25) is 0 Å². The molecule has 5 nitrogen and oxygen atoms in total. The van der Waals surface area contributed by atoms with E-state index in [2.05, 4.69) is 5.43 Å². The molecule has 0 aliphatic heterocycles. The quantitative estimate of drug-likeness (QED) is 0.456. The number of carbonyl (C=O) groups is 1. The van der Waals surface area contributed by atoms with Crippen molar-refractivity contribution in [3.63, 3.8) is 0 Å². The zero-order valence-corrected chi connectivity index (χ0v) is 17.0. The summed E-state index contributed by atoms with van der Waals surface area (Å²) in [6.45, 7) is 0. The number of amides is 1. The number of carbonyl (C=O) groups excluding carboxylic acids is 1. The highest BCUT2D eigenvalue weighted by Crippen LogP contribution is 2.51. The van der Waals surface area contributed by atoms with Crippen molar-refractivity contribution in [2.24, 2.45) is 0 Å². The minimum atomic E-state index is -0.182. The van der Waals surface area contributed by atoms with Gasteiger partial charge in [-0.2, -0.15) is 0 Å². The van der Waals surface area contributed by atoms with Crippen LogP contribution in [0.1, 0.15) is 52.8 Å². The minimum Gasteiger partial charge on any atom is -0.267 e. The first kappa shape index (κ1) is 18.1. The molecule has 1 saturated carbocycles. The van der Waals surface area contributed by atoms with Gasteiger partial charge in [0.05, 0.1) is 33.8 Å². The van der Waals surface area contributed by atoms with Crippen molar-refractivity contribution >= 4 is 28.3 Å². The Morgan fingerprint density at radius 1 is 0.774 bits per heavy atom. The van der Waals surface area contributed by atoms with Gasteiger partial charge in [0.1, 0.15) is 0 Å². The first-order valence-corrected chi connectivity index (χ1v) is 10.8. The van der Waals surface area contributed by atoms with Gasteiger partial charge in [0.2, 0.25) is 0 Å². The van der Waals surface area contributed by atoms with Gasteiger partial charge in [-0.1, -0.05) is 36.4 Å². The van der Waals surface area contributed by atoms with Crippen molar-refractivity contribution in [3.05, 3.63) is 95.8 Å². The van der Waals surface area contributed by atoms with Crippen LogP contribution in [-0.2, 0) is 0 Å². The van der Waals surface area contributed by atoms with Crippen LogP contribution in [0.3, 0.4) is 0 Å². The fourth-order valence-corrected chi connectivity index (χ4v) is 4.90. The number of nitrogens with one attached hydrogen (secondary N) is 1. The molecule has 5 heteroatoms. The number of hydrogen-bond donors (Lipinski definition) is 1. The van der Waals surface area contributed by atoms with E-state index in [9.17, 15) is 4.79 Å². The average molecular weight is 406 g/mol. The molecule has 0 spiro atoms. The normalized spacial score (nSPS) is 18.7. The van der Waals surface area contributed by atoms with Crippen molar-refractivity contribution < 1.29 is 4.79 Å². The average Bonchev–Trinajstić information content (AvgIpc) is 3.44. The Balaban J connectivity index is 1.34. The third-order valence-electron chi connectivity index (χ3n) is 6.43. The number of hydrazine groups is 1. The lowest BCUT2D eigenvalue weighted by Gasteiger charge is -2.25. The van der Waals surface area contributed by atoms with E-state index in [1.807, 2.05) is 78.9 Å². The lowest BCUT2D eigenvalue weighted by Crippen LogP contribution is -2.38. The highest BCUT2D eigenvalue weighted by molar-refractivity contribution is 5.98. The topological polar surface area (TPSA) is 58.1 Å². The summed E-state index contributed by atoms with van der Waals surface area (Å²) in [4.78, 5) is 23.0. The standard InChI is InChI=1S/C26H22N4O/c31-26(29-30(20-7-3-1-4-8-20)21-9-5-2-6-10-21)19-13-14-22-23(16-19)28-25-18-12-11-17(15-18)24(25)27-22/h1-10,13-14,16-18H,11-12,15H2,(H,29,31). The first-order valence-electron chi connectivity index (χ1n) is 10.8. The SMILES string of the molecule is O=C(NN(c1ccccc1)c1ccccc1)c1ccc2nc3c(nc2c1)C1CCC3C1. The number of fused-ring (bicyclic) bond motifs is 6. The van der Waals surface area contributed by atoms with Crippen LogP contribution >= 0.6 is 0 Å². The van der Waals surface area contributed by atoms with Crippen LogP contribution in [0.15, 0.2) is 78.9 Å². The monoisotopic (exact) mass is 406 g/mol. The number of benzene rings is 3. The van der Waals surface area contributed by atoms with Crippen molar-refractivity contribution in [1.29, 1.82) is 0 Å². The summed E-state index contributed by atoms with van der Waals surface area (Å²) in [7, 11) is 0. The minimum absolute atomic E-state index is 0.182. The molecular formula is C26H22N4O. The van der Waals surface area contributed by atoms with Crippen LogP contribution in [0, 0.1) is 0 Å². The summed E-state index contributed by atoms with van der Waals surface area (Å²) < 4.78 is 0. The van der Waals surface area contributed by atoms with Crippen LogP contribution in [-0.4, -0.2) is 15.9 Å². The van der Waals surface area contributed by atoms with Gasteiger partial charge in [-0.3, -0.25) is 15.2 Å². The summed E-state index contributed by atoms with van der Waals surface area (Å²) >= 11 is 0. The molecule has 1 N–H and O–H groups in total. The van der Waals surface area contributed by atoms with Gasteiger partial charge < -0.3 is 0 Å². The maximum absolute atomic E-state index is 13.2. The van der Waals surface area contributed by atoms with E-state index in [-0.39, 0.29) is 5.91 Å². The smallest absolute Gasteiger partial charge is 0.267 e. The van der Waals surface area contributed by atoms with Gasteiger partial charge in [-0.15, -0.1) is 0 Å². The second-order valence-corrected chi connectivity index (χ2v) is 8.35. The lowest BCUT2D eigenvalue weighted by molar-refractivity contribution is 0.0954. The fraction of sp³-hybridized carbons (Fsp3) is 0.192. The first-order chi connectivity index (χ1) is 15.3. The van der Waals surface area contributed by atoms with Crippen LogP contribution in [0.4, 0.5) is 11.4 Å². The highest BCUT2D eigenvalue weighted by atomic mass is 16.2. The number of nitrogens with zero attached hydrogens (tertiary/aromatic N) is 3. The lowest BCUT2D eigenvalue weighted by atomic mass is 10.00. The van der Waals surface area contributed by atoms with E-state index < -0.39 is 0 Å². The zero-order valence-electron chi connectivity index (χ0n) is 17.0. The molecular weight excluding hydrogens is 384 g/mol. The zero-order chi connectivity index (χ0) is 20.8. The second-order valence-electron chi connectivity index (χ2n) is 8.35. The molecule has 2 unspecified atom stereocenters. The molecule has 0 radical (unpaired) electrons. The number of rotatable bonds is 4. The van der Waals surface area contributed by atoms with Gasteiger partial charge in [-0.05, 0) is 61.7 Å². The number of para-hydroxylation sites is 2. The molecule has 6 rings (SSSR count). The Kier molecular flexibility index (Phi) is 4.20. The second kappa shape index (κ2) is 7.20. The maximum atomic E-state index is 13.2. The maximum Gasteiger partial charge on any atom is 0.270 e. The summed E-state index contributed by atoms with van der Waals surface area (Å²) in [5.74, 6) is 0.935. The predicted octanol–water partition coefficient (Wildman–Crippen LogP) is 5.48. The Bertz CT molecular complexity index is 1230. The summed E-state index contributed by atoms with van der Waals surface area (Å²) in [6.07, 6.45) is 3.62. The molecule has 2 aliphatic carbocycles. The highest BCUT2D eigenvalue weighted by Gasteiger charge is 2.39. The van der Waals surface area contributed by atoms with Crippen molar-refractivity contribution in [1.82, 2.24) is 15.4 Å². The Labute approximate surface area is 180 Å². The molecule has 2 aliphatic rings. The largest absolute Gasteiger partial charge is 0.270 e. The predicted molar refractivity (Wildman–Crippen MR) is 121 cm³/mol.